The molecule has 4 nitrogen and oxygen atoms in total. The highest BCUT2D eigenvalue weighted by Gasteiger charge is 2.37. The van der Waals surface area contributed by atoms with Crippen molar-refractivity contribution in [3.63, 3.8) is 0 Å². The summed E-state index contributed by atoms with van der Waals surface area (Å²) in [6.45, 7) is 9.28. The zero-order valence-corrected chi connectivity index (χ0v) is 20.5. The molecule has 4 heteroatoms. The number of carbonyl (C=O) groups excluding carboxylic acids is 1. The fourth-order valence-corrected chi connectivity index (χ4v) is 4.40. The van der Waals surface area contributed by atoms with E-state index in [2.05, 4.69) is 67.7 Å². The second kappa shape index (κ2) is 9.27. The quantitative estimate of drug-likeness (QED) is 0.272. The third-order valence-electron chi connectivity index (χ3n) is 6.68. The fourth-order valence-electron chi connectivity index (χ4n) is 4.40. The molecule has 0 atom stereocenters. The summed E-state index contributed by atoms with van der Waals surface area (Å²) in [6, 6.07) is 13.7. The first-order valence-corrected chi connectivity index (χ1v) is 11.5. The molecule has 0 saturated heterocycles. The highest BCUT2D eigenvalue weighted by molar-refractivity contribution is 5.89. The van der Waals surface area contributed by atoms with Crippen molar-refractivity contribution in [2.75, 3.05) is 7.11 Å². The van der Waals surface area contributed by atoms with Gasteiger partial charge in [0.25, 0.3) is 0 Å². The Balaban J connectivity index is 1.79. The van der Waals surface area contributed by atoms with Gasteiger partial charge in [0.15, 0.2) is 0 Å². The van der Waals surface area contributed by atoms with Gasteiger partial charge in [0, 0.05) is 18.0 Å². The first kappa shape index (κ1) is 23.4. The van der Waals surface area contributed by atoms with Gasteiger partial charge >= 0.3 is 5.97 Å². The molecule has 1 aliphatic rings. The SMILES string of the molecule is COC(=O)c1ccc(/C=C/c2cc3c(cc2C#Cc2ncccn2)C(C)(C)CCC3(C)C)cc1. The Kier molecular flexibility index (Phi) is 6.39. The van der Waals surface area contributed by atoms with E-state index in [9.17, 15) is 4.79 Å². The lowest BCUT2D eigenvalue weighted by Gasteiger charge is -2.42. The van der Waals surface area contributed by atoms with Gasteiger partial charge in [-0.3, -0.25) is 0 Å². The Bertz CT molecular complexity index is 1290. The molecule has 0 amide bonds. The monoisotopic (exact) mass is 450 g/mol. The van der Waals surface area contributed by atoms with Crippen molar-refractivity contribution in [1.29, 1.82) is 0 Å². The van der Waals surface area contributed by atoms with Gasteiger partial charge in [0.05, 0.1) is 12.7 Å². The Morgan fingerprint density at radius 2 is 1.53 bits per heavy atom. The summed E-state index contributed by atoms with van der Waals surface area (Å²) in [6.07, 6.45) is 9.84. The molecule has 1 aliphatic carbocycles. The number of methoxy groups -OCH3 is 1. The fraction of sp³-hybridized carbons (Fsp3) is 0.300. The van der Waals surface area contributed by atoms with Crippen molar-refractivity contribution in [2.24, 2.45) is 0 Å². The second-order valence-electron chi connectivity index (χ2n) is 10.0. The molecule has 0 radical (unpaired) electrons. The Morgan fingerprint density at radius 3 is 2.15 bits per heavy atom. The number of ether oxygens (including phenoxy) is 1. The van der Waals surface area contributed by atoms with Crippen molar-refractivity contribution in [3.8, 4) is 11.8 Å². The van der Waals surface area contributed by atoms with Crippen LogP contribution in [0.2, 0.25) is 0 Å². The summed E-state index contributed by atoms with van der Waals surface area (Å²) in [5.41, 5.74) is 6.49. The van der Waals surface area contributed by atoms with Gasteiger partial charge < -0.3 is 4.74 Å². The number of fused-ring (bicyclic) bond motifs is 1. The standard InChI is InChI=1S/C30H30N2O2/c1-29(2)15-16-30(3,4)26-20-24(13-14-27-31-17-6-18-32-27)23(19-25(26)29)12-9-21-7-10-22(11-8-21)28(33)34-5/h6-12,17-20H,15-16H2,1-5H3/b12-9+. The van der Waals surface area contributed by atoms with Crippen LogP contribution in [0.4, 0.5) is 0 Å². The Hall–Kier alpha value is -3.71. The molecule has 0 fully saturated rings. The largest absolute Gasteiger partial charge is 0.465 e. The first-order chi connectivity index (χ1) is 16.2. The van der Waals surface area contributed by atoms with Gasteiger partial charge in [-0.15, -0.1) is 0 Å². The van der Waals surface area contributed by atoms with Crippen LogP contribution in [0.15, 0.2) is 54.9 Å². The molecule has 0 saturated carbocycles. The summed E-state index contributed by atoms with van der Waals surface area (Å²) >= 11 is 0. The zero-order chi connectivity index (χ0) is 24.3. The van der Waals surface area contributed by atoms with Gasteiger partial charge in [-0.1, -0.05) is 57.9 Å². The summed E-state index contributed by atoms with van der Waals surface area (Å²) in [7, 11) is 1.39. The second-order valence-corrected chi connectivity index (χ2v) is 10.0. The third-order valence-corrected chi connectivity index (χ3v) is 6.68. The predicted molar refractivity (Wildman–Crippen MR) is 136 cm³/mol. The molecular weight excluding hydrogens is 420 g/mol. The summed E-state index contributed by atoms with van der Waals surface area (Å²) < 4.78 is 4.79. The number of nitrogens with zero attached hydrogens (tertiary/aromatic N) is 2. The van der Waals surface area contributed by atoms with E-state index >= 15 is 0 Å². The molecule has 2 aromatic carbocycles. The van der Waals surface area contributed by atoms with Crippen molar-refractivity contribution < 1.29 is 9.53 Å². The lowest BCUT2D eigenvalue weighted by molar-refractivity contribution is 0.0600. The van der Waals surface area contributed by atoms with E-state index in [4.69, 9.17) is 4.74 Å². The molecule has 0 aliphatic heterocycles. The number of benzene rings is 2. The lowest BCUT2D eigenvalue weighted by atomic mass is 9.62. The zero-order valence-electron chi connectivity index (χ0n) is 20.5. The highest BCUT2D eigenvalue weighted by Crippen LogP contribution is 2.46. The van der Waals surface area contributed by atoms with Crippen LogP contribution in [0.1, 0.15) is 84.5 Å². The molecule has 4 rings (SSSR count). The number of hydrogen-bond acceptors (Lipinski definition) is 4. The molecule has 0 spiro atoms. The molecule has 0 unspecified atom stereocenters. The van der Waals surface area contributed by atoms with Crippen LogP contribution in [-0.2, 0) is 15.6 Å². The van der Waals surface area contributed by atoms with Crippen molar-refractivity contribution in [3.05, 3.63) is 94.1 Å². The minimum Gasteiger partial charge on any atom is -0.465 e. The Morgan fingerprint density at radius 1 is 0.912 bits per heavy atom. The maximum Gasteiger partial charge on any atom is 0.337 e. The van der Waals surface area contributed by atoms with Gasteiger partial charge in [0.2, 0.25) is 5.82 Å². The summed E-state index contributed by atoms with van der Waals surface area (Å²) in [4.78, 5) is 20.2. The van der Waals surface area contributed by atoms with E-state index in [1.165, 1.54) is 18.2 Å². The number of aromatic nitrogens is 2. The van der Waals surface area contributed by atoms with Crippen molar-refractivity contribution >= 4 is 18.1 Å². The molecule has 172 valence electrons. The minimum absolute atomic E-state index is 0.0937. The average Bonchev–Trinajstić information content (AvgIpc) is 2.84. The van der Waals surface area contributed by atoms with E-state index in [0.29, 0.717) is 11.4 Å². The smallest absolute Gasteiger partial charge is 0.337 e. The first-order valence-electron chi connectivity index (χ1n) is 11.5. The molecule has 1 heterocycles. The van der Waals surface area contributed by atoms with E-state index in [1.54, 1.807) is 30.6 Å². The number of hydrogen-bond donors (Lipinski definition) is 0. The van der Waals surface area contributed by atoms with Gasteiger partial charge in [-0.25, -0.2) is 14.8 Å². The van der Waals surface area contributed by atoms with Crippen LogP contribution < -0.4 is 0 Å². The van der Waals surface area contributed by atoms with E-state index < -0.39 is 0 Å². The topological polar surface area (TPSA) is 52.1 Å². The third kappa shape index (κ3) is 4.94. The predicted octanol–water partition coefficient (Wildman–Crippen LogP) is 6.18. The van der Waals surface area contributed by atoms with Crippen LogP contribution in [0.25, 0.3) is 12.2 Å². The van der Waals surface area contributed by atoms with E-state index in [1.807, 2.05) is 18.2 Å². The maximum absolute atomic E-state index is 11.7. The molecule has 0 bridgehead atoms. The van der Waals surface area contributed by atoms with Crippen LogP contribution in [0.3, 0.4) is 0 Å². The molecule has 34 heavy (non-hydrogen) atoms. The number of rotatable bonds is 3. The van der Waals surface area contributed by atoms with E-state index in [0.717, 1.165) is 29.5 Å². The van der Waals surface area contributed by atoms with Crippen molar-refractivity contribution in [1.82, 2.24) is 9.97 Å². The number of carbonyl (C=O) groups is 1. The lowest BCUT2D eigenvalue weighted by Crippen LogP contribution is -2.34. The van der Waals surface area contributed by atoms with Crippen LogP contribution in [0, 0.1) is 11.8 Å². The van der Waals surface area contributed by atoms with Crippen molar-refractivity contribution in [2.45, 2.75) is 51.4 Å². The molecule has 1 aromatic heterocycles. The highest BCUT2D eigenvalue weighted by atomic mass is 16.5. The van der Waals surface area contributed by atoms with Crippen LogP contribution >= 0.6 is 0 Å². The average molecular weight is 451 g/mol. The summed E-state index contributed by atoms with van der Waals surface area (Å²) in [5, 5.41) is 0. The van der Waals surface area contributed by atoms with Crippen LogP contribution in [0.5, 0.6) is 0 Å². The van der Waals surface area contributed by atoms with Crippen LogP contribution in [-0.4, -0.2) is 23.0 Å². The maximum atomic E-state index is 11.7. The van der Waals surface area contributed by atoms with Gasteiger partial charge in [0.1, 0.15) is 0 Å². The van der Waals surface area contributed by atoms with Gasteiger partial charge in [-0.2, -0.15) is 0 Å². The normalized spacial score (nSPS) is 15.8. The molecule has 3 aromatic rings. The summed E-state index contributed by atoms with van der Waals surface area (Å²) in [5.74, 6) is 6.62. The Labute approximate surface area is 202 Å². The van der Waals surface area contributed by atoms with Gasteiger partial charge in [-0.05, 0) is 82.2 Å². The molecule has 0 N–H and O–H groups in total. The van der Waals surface area contributed by atoms with E-state index in [-0.39, 0.29) is 16.8 Å². The minimum atomic E-state index is -0.337. The number of esters is 1. The molecular formula is C30H30N2O2.